The second-order valence-corrected chi connectivity index (χ2v) is 11.4. The van der Waals surface area contributed by atoms with Gasteiger partial charge in [0.25, 0.3) is 5.91 Å². The predicted octanol–water partition coefficient (Wildman–Crippen LogP) is 2.93. The molecule has 2 fully saturated rings. The molecule has 6 nitrogen and oxygen atoms in total. The summed E-state index contributed by atoms with van der Waals surface area (Å²) < 4.78 is 27.2. The van der Waals surface area contributed by atoms with Crippen molar-refractivity contribution in [1.82, 2.24) is 14.5 Å². The molecule has 2 aliphatic heterocycles. The summed E-state index contributed by atoms with van der Waals surface area (Å²) in [5.41, 5.74) is 0.214. The van der Waals surface area contributed by atoms with Crippen LogP contribution < -0.4 is 5.32 Å². The maximum atomic E-state index is 12.9. The minimum absolute atomic E-state index is 0.126. The van der Waals surface area contributed by atoms with Crippen LogP contribution in [0.25, 0.3) is 0 Å². The molecule has 0 bridgehead atoms. The van der Waals surface area contributed by atoms with Crippen LogP contribution in [0.4, 0.5) is 0 Å². The molecule has 1 unspecified atom stereocenters. The van der Waals surface area contributed by atoms with Crippen LogP contribution in [0.2, 0.25) is 5.02 Å². The van der Waals surface area contributed by atoms with Gasteiger partial charge in [0.15, 0.2) is 0 Å². The number of carbonyl (C=O) groups is 1. The SMILES string of the molecule is CC1CCCN(CCCNC(=O)c2cc(S(=O)(=O)N3CCSCC3)ccc2Cl)C1. The first-order valence-corrected chi connectivity index (χ1v) is 13.2. The highest BCUT2D eigenvalue weighted by Crippen LogP contribution is 2.25. The average molecular weight is 460 g/mol. The molecule has 1 aromatic rings. The third-order valence-electron chi connectivity index (χ3n) is 5.47. The number of rotatable bonds is 7. The molecule has 9 heteroatoms. The van der Waals surface area contributed by atoms with Gasteiger partial charge < -0.3 is 10.2 Å². The fourth-order valence-corrected chi connectivity index (χ4v) is 6.67. The normalized spacial score (nSPS) is 21.8. The third-order valence-corrected chi connectivity index (χ3v) is 8.63. The van der Waals surface area contributed by atoms with Crippen molar-refractivity contribution in [2.45, 2.75) is 31.1 Å². The van der Waals surface area contributed by atoms with E-state index in [1.165, 1.54) is 35.3 Å². The molecule has 1 atom stereocenters. The fourth-order valence-electron chi connectivity index (χ4n) is 3.86. The summed E-state index contributed by atoms with van der Waals surface area (Å²) in [6, 6.07) is 4.38. The third kappa shape index (κ3) is 6.10. The summed E-state index contributed by atoms with van der Waals surface area (Å²) in [5.74, 6) is 1.99. The number of nitrogens with one attached hydrogen (secondary N) is 1. The van der Waals surface area contributed by atoms with E-state index in [0.717, 1.165) is 43.5 Å². The molecular weight excluding hydrogens is 430 g/mol. The van der Waals surface area contributed by atoms with E-state index in [9.17, 15) is 13.2 Å². The van der Waals surface area contributed by atoms with Crippen LogP contribution >= 0.6 is 23.4 Å². The molecule has 0 aliphatic carbocycles. The lowest BCUT2D eigenvalue weighted by molar-refractivity contribution is 0.0950. The Morgan fingerprint density at radius 1 is 1.28 bits per heavy atom. The monoisotopic (exact) mass is 459 g/mol. The van der Waals surface area contributed by atoms with Gasteiger partial charge in [-0.3, -0.25) is 4.79 Å². The second-order valence-electron chi connectivity index (χ2n) is 7.82. The Labute approximate surface area is 183 Å². The highest BCUT2D eigenvalue weighted by molar-refractivity contribution is 7.99. The van der Waals surface area contributed by atoms with Crippen molar-refractivity contribution in [3.8, 4) is 0 Å². The molecule has 3 rings (SSSR count). The molecule has 0 aromatic heterocycles. The van der Waals surface area contributed by atoms with Crippen molar-refractivity contribution in [3.63, 3.8) is 0 Å². The average Bonchev–Trinajstić information content (AvgIpc) is 2.72. The largest absolute Gasteiger partial charge is 0.352 e. The van der Waals surface area contributed by atoms with Crippen molar-refractivity contribution < 1.29 is 13.2 Å². The van der Waals surface area contributed by atoms with Crippen molar-refractivity contribution in [2.75, 3.05) is 50.8 Å². The van der Waals surface area contributed by atoms with Gasteiger partial charge in [0.05, 0.1) is 15.5 Å². The lowest BCUT2D eigenvalue weighted by Gasteiger charge is -2.30. The summed E-state index contributed by atoms with van der Waals surface area (Å²) in [7, 11) is -3.61. The van der Waals surface area contributed by atoms with Crippen molar-refractivity contribution in [2.24, 2.45) is 5.92 Å². The maximum absolute atomic E-state index is 12.9. The van der Waals surface area contributed by atoms with Gasteiger partial charge in [-0.05, 0) is 56.5 Å². The van der Waals surface area contributed by atoms with Crippen LogP contribution in [-0.4, -0.2) is 74.3 Å². The molecule has 1 N–H and O–H groups in total. The number of carbonyl (C=O) groups excluding carboxylic acids is 1. The molecule has 29 heavy (non-hydrogen) atoms. The van der Waals surface area contributed by atoms with E-state index in [4.69, 9.17) is 11.6 Å². The molecular formula is C20H30ClN3O3S2. The zero-order valence-corrected chi connectivity index (χ0v) is 19.3. The van der Waals surface area contributed by atoms with Gasteiger partial charge in [0.1, 0.15) is 0 Å². The van der Waals surface area contributed by atoms with E-state index < -0.39 is 10.0 Å². The molecule has 0 saturated carbocycles. The number of thioether (sulfide) groups is 1. The molecule has 2 aliphatic rings. The Morgan fingerprint density at radius 2 is 2.03 bits per heavy atom. The van der Waals surface area contributed by atoms with E-state index in [0.29, 0.717) is 19.6 Å². The van der Waals surface area contributed by atoms with Crippen LogP contribution in [0.1, 0.15) is 36.5 Å². The van der Waals surface area contributed by atoms with Gasteiger partial charge in [0.2, 0.25) is 10.0 Å². The number of piperidine rings is 1. The molecule has 162 valence electrons. The van der Waals surface area contributed by atoms with Crippen LogP contribution in [0, 0.1) is 5.92 Å². The van der Waals surface area contributed by atoms with E-state index in [1.807, 2.05) is 0 Å². The van der Waals surface area contributed by atoms with Crippen LogP contribution in [0.3, 0.4) is 0 Å². The second kappa shape index (κ2) is 10.5. The number of amides is 1. The molecule has 1 amide bonds. The number of likely N-dealkylation sites (tertiary alicyclic amines) is 1. The van der Waals surface area contributed by atoms with Gasteiger partial charge in [-0.25, -0.2) is 8.42 Å². The Balaban J connectivity index is 1.58. The van der Waals surface area contributed by atoms with E-state index >= 15 is 0 Å². The van der Waals surface area contributed by atoms with Crippen LogP contribution in [0.5, 0.6) is 0 Å². The van der Waals surface area contributed by atoms with Crippen molar-refractivity contribution >= 4 is 39.3 Å². The first kappa shape index (κ1) is 22.9. The first-order chi connectivity index (χ1) is 13.9. The fraction of sp³-hybridized carbons (Fsp3) is 0.650. The minimum atomic E-state index is -3.61. The molecule has 0 spiro atoms. The highest BCUT2D eigenvalue weighted by atomic mass is 35.5. The van der Waals surface area contributed by atoms with E-state index in [-0.39, 0.29) is 21.4 Å². The van der Waals surface area contributed by atoms with Gasteiger partial charge in [-0.2, -0.15) is 16.1 Å². The summed E-state index contributed by atoms with van der Waals surface area (Å²) in [6.07, 6.45) is 3.39. The molecule has 2 heterocycles. The smallest absolute Gasteiger partial charge is 0.252 e. The summed E-state index contributed by atoms with van der Waals surface area (Å²) in [4.78, 5) is 15.2. The maximum Gasteiger partial charge on any atom is 0.252 e. The number of halogens is 1. The quantitative estimate of drug-likeness (QED) is 0.635. The summed E-state index contributed by atoms with van der Waals surface area (Å²) >= 11 is 7.94. The van der Waals surface area contributed by atoms with E-state index in [1.54, 1.807) is 11.8 Å². The van der Waals surface area contributed by atoms with Gasteiger partial charge in [-0.15, -0.1) is 0 Å². The molecule has 0 radical (unpaired) electrons. The lowest BCUT2D eigenvalue weighted by Crippen LogP contribution is -2.38. The van der Waals surface area contributed by atoms with Crippen molar-refractivity contribution in [1.29, 1.82) is 0 Å². The number of hydrogen-bond acceptors (Lipinski definition) is 5. The Hall–Kier alpha value is -0.800. The number of nitrogens with zero attached hydrogens (tertiary/aromatic N) is 2. The Morgan fingerprint density at radius 3 is 2.76 bits per heavy atom. The predicted molar refractivity (Wildman–Crippen MR) is 119 cm³/mol. The Bertz CT molecular complexity index is 813. The first-order valence-electron chi connectivity index (χ1n) is 10.3. The number of benzene rings is 1. The topological polar surface area (TPSA) is 69.7 Å². The molecule has 1 aromatic carbocycles. The van der Waals surface area contributed by atoms with Crippen LogP contribution in [0.15, 0.2) is 23.1 Å². The minimum Gasteiger partial charge on any atom is -0.352 e. The zero-order chi connectivity index (χ0) is 20.9. The van der Waals surface area contributed by atoms with Gasteiger partial charge >= 0.3 is 0 Å². The van der Waals surface area contributed by atoms with Crippen molar-refractivity contribution in [3.05, 3.63) is 28.8 Å². The number of sulfonamides is 1. The summed E-state index contributed by atoms with van der Waals surface area (Å²) in [5, 5.41) is 3.15. The highest BCUT2D eigenvalue weighted by Gasteiger charge is 2.27. The Kier molecular flexibility index (Phi) is 8.27. The number of hydrogen-bond donors (Lipinski definition) is 1. The van der Waals surface area contributed by atoms with E-state index in [2.05, 4.69) is 17.1 Å². The zero-order valence-electron chi connectivity index (χ0n) is 16.9. The van der Waals surface area contributed by atoms with Gasteiger partial charge in [0, 0.05) is 37.7 Å². The van der Waals surface area contributed by atoms with Crippen LogP contribution in [-0.2, 0) is 10.0 Å². The molecule has 2 saturated heterocycles. The standard InChI is InChI=1S/C20H30ClN3O3S2/c1-16-4-2-8-23(15-16)9-3-7-22-20(25)18-14-17(5-6-19(18)21)29(26,27)24-10-12-28-13-11-24/h5-6,14,16H,2-4,7-13,15H2,1H3,(H,22,25). The lowest BCUT2D eigenvalue weighted by atomic mass is 10.0. The summed E-state index contributed by atoms with van der Waals surface area (Å²) in [6.45, 7) is 7.01. The van der Waals surface area contributed by atoms with Gasteiger partial charge in [-0.1, -0.05) is 18.5 Å².